The number of hydrogen-bond acceptors (Lipinski definition) is 6. The van der Waals surface area contributed by atoms with Gasteiger partial charge in [0, 0.05) is 22.7 Å². The molecule has 6 nitrogen and oxygen atoms in total. The van der Waals surface area contributed by atoms with E-state index in [1.165, 1.54) is 37.5 Å². The molecule has 4 aliphatic carbocycles. The summed E-state index contributed by atoms with van der Waals surface area (Å²) in [7, 11) is 0. The molecule has 0 radical (unpaired) electrons. The number of carbonyl (C=O) groups excluding carboxylic acids is 3. The summed E-state index contributed by atoms with van der Waals surface area (Å²) in [4.78, 5) is 38.4. The fourth-order valence-electron chi connectivity index (χ4n) is 8.06. The molecule has 0 aromatic carbocycles. The lowest BCUT2D eigenvalue weighted by molar-refractivity contribution is -0.221. The summed E-state index contributed by atoms with van der Waals surface area (Å²) in [6, 6.07) is 2.93. The van der Waals surface area contributed by atoms with Crippen LogP contribution in [0.3, 0.4) is 0 Å². The van der Waals surface area contributed by atoms with Crippen LogP contribution in [0.4, 0.5) is 8.78 Å². The minimum absolute atomic E-state index is 0.0298. The minimum atomic E-state index is -2.29. The number of fused-ring (bicyclic) bond motifs is 5. The predicted molar refractivity (Wildman–Crippen MR) is 129 cm³/mol. The van der Waals surface area contributed by atoms with Crippen molar-refractivity contribution in [1.82, 2.24) is 0 Å². The Bertz CT molecular complexity index is 1180. The summed E-state index contributed by atoms with van der Waals surface area (Å²) in [5.41, 5.74) is -6.79. The third kappa shape index (κ3) is 2.96. The van der Waals surface area contributed by atoms with Gasteiger partial charge < -0.3 is 14.3 Å². The van der Waals surface area contributed by atoms with Crippen molar-refractivity contribution < 1.29 is 37.4 Å². The molecule has 0 spiro atoms. The smallest absolute Gasteiger partial charge is 0.375 e. The van der Waals surface area contributed by atoms with Gasteiger partial charge in [-0.2, -0.15) is 0 Å². The van der Waals surface area contributed by atoms with Gasteiger partial charge in [-0.1, -0.05) is 19.9 Å². The minimum Gasteiger partial charge on any atom is -0.457 e. The van der Waals surface area contributed by atoms with Crippen LogP contribution in [0.25, 0.3) is 0 Å². The molecule has 0 bridgehead atoms. The van der Waals surface area contributed by atoms with E-state index in [0.29, 0.717) is 6.42 Å². The SMILES string of the molecule is CC[C@@H]1CC2C3C[C@H](F)C4=CC(=O)C=C[C@]4(C)[C@@]3(F)[C@@H](O)C[C@]2(C)[C@@]1(OC(=O)c1ccco1)C(=O)S. The molecule has 9 heteroatoms. The van der Waals surface area contributed by atoms with Crippen molar-refractivity contribution in [2.45, 2.75) is 70.0 Å². The number of carbonyl (C=O) groups is 3. The molecule has 5 rings (SSSR count). The summed E-state index contributed by atoms with van der Waals surface area (Å²) in [6.07, 6.45) is 2.07. The highest BCUT2D eigenvalue weighted by atomic mass is 32.1. The lowest BCUT2D eigenvalue weighted by Crippen LogP contribution is -2.70. The van der Waals surface area contributed by atoms with E-state index < -0.39 is 69.0 Å². The largest absolute Gasteiger partial charge is 0.457 e. The number of ether oxygens (including phenoxy) is 1. The Kier molecular flexibility index (Phi) is 5.73. The van der Waals surface area contributed by atoms with Crippen LogP contribution >= 0.6 is 12.6 Å². The van der Waals surface area contributed by atoms with Crippen LogP contribution in [0.2, 0.25) is 0 Å². The zero-order valence-electron chi connectivity index (χ0n) is 20.4. The first-order chi connectivity index (χ1) is 16.9. The van der Waals surface area contributed by atoms with Crippen LogP contribution in [0.15, 0.2) is 46.6 Å². The fraction of sp³-hybridized carbons (Fsp3) is 0.593. The predicted octanol–water partition coefficient (Wildman–Crippen LogP) is 4.59. The number of aliphatic hydroxyl groups is 1. The number of esters is 1. The maximum atomic E-state index is 17.4. The number of hydrogen-bond donors (Lipinski definition) is 2. The van der Waals surface area contributed by atoms with Gasteiger partial charge in [-0.25, -0.2) is 13.6 Å². The van der Waals surface area contributed by atoms with E-state index in [9.17, 15) is 19.5 Å². The lowest BCUT2D eigenvalue weighted by Gasteiger charge is -2.63. The van der Waals surface area contributed by atoms with E-state index in [2.05, 4.69) is 12.6 Å². The molecule has 9 atom stereocenters. The molecule has 3 saturated carbocycles. The average molecular weight is 521 g/mol. The second kappa shape index (κ2) is 8.12. The fourth-order valence-corrected chi connectivity index (χ4v) is 8.55. The lowest BCUT2D eigenvalue weighted by atomic mass is 9.44. The first kappa shape index (κ1) is 25.4. The Morgan fingerprint density at radius 2 is 2.00 bits per heavy atom. The standard InChI is InChI=1S/C27H30F2O6S/c1-4-14-10-16-17-12-19(28)18-11-15(30)7-8-24(18,2)26(17,29)21(31)13-25(16,3)27(14,23(33)36)35-22(32)20-6-5-9-34-20/h5-9,11,14,16-17,19,21,31H,4,10,12-13H2,1-3H3,(H,33,36)/t14-,16?,17?,19+,21+,24+,25+,26+,27+/m1/s1. The van der Waals surface area contributed by atoms with Crippen LogP contribution in [0.5, 0.6) is 0 Å². The third-order valence-corrected chi connectivity index (χ3v) is 10.1. The number of halogens is 2. The summed E-state index contributed by atoms with van der Waals surface area (Å²) in [5, 5.41) is 10.8. The van der Waals surface area contributed by atoms with Gasteiger partial charge in [-0.05, 0) is 68.4 Å². The highest BCUT2D eigenvalue weighted by Gasteiger charge is 2.78. The molecular formula is C27H30F2O6S. The van der Waals surface area contributed by atoms with Crippen LogP contribution in [0, 0.1) is 28.6 Å². The molecule has 1 N–H and O–H groups in total. The third-order valence-electron chi connectivity index (χ3n) is 9.77. The number of thiol groups is 1. The zero-order chi connectivity index (χ0) is 26.3. The number of alkyl halides is 2. The van der Waals surface area contributed by atoms with Gasteiger partial charge in [0.25, 0.3) is 0 Å². The summed E-state index contributed by atoms with van der Waals surface area (Å²) in [5.74, 6) is -3.49. The second-order valence-corrected chi connectivity index (χ2v) is 11.5. The van der Waals surface area contributed by atoms with Gasteiger partial charge in [0.1, 0.15) is 6.17 Å². The summed E-state index contributed by atoms with van der Waals surface area (Å²) < 4.78 is 44.1. The first-order valence-corrected chi connectivity index (χ1v) is 12.8. The maximum Gasteiger partial charge on any atom is 0.375 e. The zero-order valence-corrected chi connectivity index (χ0v) is 21.3. The highest BCUT2D eigenvalue weighted by Crippen LogP contribution is 2.72. The first-order valence-electron chi connectivity index (χ1n) is 12.3. The molecule has 3 fully saturated rings. The van der Waals surface area contributed by atoms with E-state index in [1.807, 2.05) is 6.92 Å². The molecule has 2 unspecified atom stereocenters. The van der Waals surface area contributed by atoms with Crippen molar-refractivity contribution >= 4 is 29.5 Å². The monoisotopic (exact) mass is 520 g/mol. The molecule has 0 saturated heterocycles. The topological polar surface area (TPSA) is 93.8 Å². The van der Waals surface area contributed by atoms with Crippen molar-refractivity contribution in [2.75, 3.05) is 0 Å². The van der Waals surface area contributed by atoms with Gasteiger partial charge in [-0.3, -0.25) is 9.59 Å². The highest BCUT2D eigenvalue weighted by molar-refractivity contribution is 7.96. The van der Waals surface area contributed by atoms with Crippen molar-refractivity contribution in [3.05, 3.63) is 48.0 Å². The maximum absolute atomic E-state index is 17.4. The molecule has 4 aliphatic rings. The Labute approximate surface area is 213 Å². The molecule has 194 valence electrons. The molecular weight excluding hydrogens is 490 g/mol. The van der Waals surface area contributed by atoms with E-state index in [4.69, 9.17) is 9.15 Å². The summed E-state index contributed by atoms with van der Waals surface area (Å²) >= 11 is 4.17. The molecule has 1 heterocycles. The number of ketones is 1. The Hall–Kier alpha value is -2.26. The average Bonchev–Trinajstić information content (AvgIpc) is 3.43. The summed E-state index contributed by atoms with van der Waals surface area (Å²) in [6.45, 7) is 5.07. The molecule has 0 amide bonds. The number of allylic oxidation sites excluding steroid dienone is 4. The molecule has 1 aromatic rings. The van der Waals surface area contributed by atoms with E-state index >= 15 is 8.78 Å². The Morgan fingerprint density at radius 1 is 1.28 bits per heavy atom. The quantitative estimate of drug-likeness (QED) is 0.446. The molecule has 0 aliphatic heterocycles. The van der Waals surface area contributed by atoms with Gasteiger partial charge in [0.15, 0.2) is 17.1 Å². The van der Waals surface area contributed by atoms with E-state index in [-0.39, 0.29) is 30.6 Å². The van der Waals surface area contributed by atoms with E-state index in [0.717, 1.165) is 6.08 Å². The number of rotatable bonds is 4. The van der Waals surface area contributed by atoms with Gasteiger partial charge in [0.05, 0.1) is 12.4 Å². The van der Waals surface area contributed by atoms with Crippen LogP contribution in [0.1, 0.15) is 57.0 Å². The number of aliphatic hydroxyl groups excluding tert-OH is 1. The van der Waals surface area contributed by atoms with Crippen LogP contribution in [-0.2, 0) is 14.3 Å². The molecule has 1 aromatic heterocycles. The Balaban J connectivity index is 1.64. The second-order valence-electron chi connectivity index (χ2n) is 11.1. The van der Waals surface area contributed by atoms with Gasteiger partial charge in [-0.15, -0.1) is 12.6 Å². The van der Waals surface area contributed by atoms with E-state index in [1.54, 1.807) is 6.92 Å². The molecule has 36 heavy (non-hydrogen) atoms. The van der Waals surface area contributed by atoms with Crippen molar-refractivity contribution in [1.29, 1.82) is 0 Å². The Morgan fingerprint density at radius 3 is 2.61 bits per heavy atom. The normalized spacial score (nSPS) is 45.4. The van der Waals surface area contributed by atoms with Crippen molar-refractivity contribution in [3.63, 3.8) is 0 Å². The van der Waals surface area contributed by atoms with Crippen LogP contribution in [-0.4, -0.2) is 45.5 Å². The van der Waals surface area contributed by atoms with Gasteiger partial charge in [0.2, 0.25) is 10.9 Å². The van der Waals surface area contributed by atoms with Crippen molar-refractivity contribution in [2.24, 2.45) is 28.6 Å². The number of furan rings is 1. The van der Waals surface area contributed by atoms with Gasteiger partial charge >= 0.3 is 5.97 Å². The van der Waals surface area contributed by atoms with Crippen molar-refractivity contribution in [3.8, 4) is 0 Å². The van der Waals surface area contributed by atoms with Crippen LogP contribution < -0.4 is 0 Å².